The van der Waals surface area contributed by atoms with Crippen molar-refractivity contribution in [1.82, 2.24) is 0 Å². The van der Waals surface area contributed by atoms with Crippen LogP contribution in [0.4, 0.5) is 11.4 Å². The van der Waals surface area contributed by atoms with Crippen LogP contribution in [-0.4, -0.2) is 11.0 Å². The molecule has 0 aromatic heterocycles. The first-order valence-electron chi connectivity index (χ1n) is 7.14. The number of hydrogen-bond donors (Lipinski definition) is 1. The van der Waals surface area contributed by atoms with Gasteiger partial charge in [-0.05, 0) is 55.1 Å². The average Bonchev–Trinajstić information content (AvgIpc) is 2.84. The third-order valence-corrected chi connectivity index (χ3v) is 5.38. The van der Waals surface area contributed by atoms with E-state index in [1.54, 1.807) is 6.07 Å². The molecule has 3 aliphatic carbocycles. The Bertz CT molecular complexity index is 620. The summed E-state index contributed by atoms with van der Waals surface area (Å²) < 4.78 is 0. The van der Waals surface area contributed by atoms with E-state index in [9.17, 15) is 10.1 Å². The number of nitrogens with one attached hydrogen (secondary N) is 1. The molecule has 0 heterocycles. The lowest BCUT2D eigenvalue weighted by Gasteiger charge is -2.12. The first-order valence-corrected chi connectivity index (χ1v) is 7.14. The first kappa shape index (κ1) is 11.7. The summed E-state index contributed by atoms with van der Waals surface area (Å²) in [6.07, 6.45) is 4.00. The number of nitriles is 1. The Labute approximate surface area is 116 Å². The molecule has 20 heavy (non-hydrogen) atoms. The van der Waals surface area contributed by atoms with Crippen molar-refractivity contribution in [3.8, 4) is 6.07 Å². The summed E-state index contributed by atoms with van der Waals surface area (Å²) in [6.45, 7) is 0. The van der Waals surface area contributed by atoms with Crippen LogP contribution in [0.1, 0.15) is 24.8 Å². The highest BCUT2D eigenvalue weighted by Gasteiger charge is 2.65. The normalized spacial score (nSPS) is 36.2. The molecule has 1 aromatic rings. The third kappa shape index (κ3) is 1.54. The van der Waals surface area contributed by atoms with Crippen LogP contribution < -0.4 is 5.32 Å². The molecule has 4 rings (SSSR count). The first-order chi connectivity index (χ1) is 9.69. The van der Waals surface area contributed by atoms with Gasteiger partial charge >= 0.3 is 0 Å². The summed E-state index contributed by atoms with van der Waals surface area (Å²) in [5.74, 6) is 3.06. The molecular formula is C15H15N3O2. The Morgan fingerprint density at radius 3 is 2.60 bits per heavy atom. The largest absolute Gasteiger partial charge is 0.376 e. The molecule has 3 fully saturated rings. The lowest BCUT2D eigenvalue weighted by Crippen LogP contribution is -2.13. The Morgan fingerprint density at radius 1 is 1.30 bits per heavy atom. The molecule has 0 saturated heterocycles. The van der Waals surface area contributed by atoms with E-state index in [1.807, 2.05) is 6.07 Å². The molecule has 5 heteroatoms. The predicted molar refractivity (Wildman–Crippen MR) is 73.0 cm³/mol. The zero-order chi connectivity index (χ0) is 13.9. The van der Waals surface area contributed by atoms with E-state index in [2.05, 4.69) is 5.32 Å². The van der Waals surface area contributed by atoms with Crippen molar-refractivity contribution in [3.05, 3.63) is 33.9 Å². The van der Waals surface area contributed by atoms with Gasteiger partial charge in [-0.3, -0.25) is 10.1 Å². The maximum absolute atomic E-state index is 11.1. The van der Waals surface area contributed by atoms with E-state index in [4.69, 9.17) is 5.26 Å². The van der Waals surface area contributed by atoms with Gasteiger partial charge in [-0.2, -0.15) is 5.26 Å². The molecule has 1 aromatic carbocycles. The number of fused-ring (bicyclic) bond motifs is 5. The van der Waals surface area contributed by atoms with E-state index in [0.717, 1.165) is 11.8 Å². The van der Waals surface area contributed by atoms with Gasteiger partial charge in [0.15, 0.2) is 0 Å². The minimum atomic E-state index is -0.379. The van der Waals surface area contributed by atoms with Gasteiger partial charge in [0.25, 0.3) is 5.69 Å². The lowest BCUT2D eigenvalue weighted by atomic mass is 10.0. The van der Waals surface area contributed by atoms with Gasteiger partial charge in [0.05, 0.1) is 16.6 Å². The van der Waals surface area contributed by atoms with Crippen LogP contribution in [0.25, 0.3) is 0 Å². The number of benzene rings is 1. The number of nitrogens with zero attached hydrogens (tertiary/aromatic N) is 2. The summed E-state index contributed by atoms with van der Waals surface area (Å²) in [7, 11) is 0. The highest BCUT2D eigenvalue weighted by Crippen LogP contribution is 2.66. The molecule has 4 atom stereocenters. The van der Waals surface area contributed by atoms with Crippen LogP contribution in [0.15, 0.2) is 18.2 Å². The maximum Gasteiger partial charge on any atom is 0.292 e. The topological polar surface area (TPSA) is 79.0 Å². The molecule has 3 aliphatic rings. The Morgan fingerprint density at radius 2 is 2.00 bits per heavy atom. The highest BCUT2D eigenvalue weighted by molar-refractivity contribution is 5.65. The Kier molecular flexibility index (Phi) is 2.31. The fraction of sp³-hybridized carbons (Fsp3) is 0.533. The zero-order valence-electron chi connectivity index (χ0n) is 11.0. The maximum atomic E-state index is 11.1. The number of anilines is 1. The van der Waals surface area contributed by atoms with Gasteiger partial charge in [0, 0.05) is 12.1 Å². The van der Waals surface area contributed by atoms with Crippen molar-refractivity contribution >= 4 is 11.4 Å². The van der Waals surface area contributed by atoms with Gasteiger partial charge in [0.1, 0.15) is 5.69 Å². The quantitative estimate of drug-likeness (QED) is 0.676. The van der Waals surface area contributed by atoms with E-state index in [1.165, 1.54) is 31.4 Å². The fourth-order valence-corrected chi connectivity index (χ4v) is 4.58. The molecule has 102 valence electrons. The van der Waals surface area contributed by atoms with Crippen molar-refractivity contribution in [1.29, 1.82) is 5.26 Å². The number of nitro benzene ring substituents is 1. The second-order valence-corrected chi connectivity index (χ2v) is 6.26. The Balaban J connectivity index is 1.60. The molecule has 1 N–H and O–H groups in total. The molecular weight excluding hydrogens is 254 g/mol. The summed E-state index contributed by atoms with van der Waals surface area (Å²) in [4.78, 5) is 10.7. The summed E-state index contributed by atoms with van der Waals surface area (Å²) >= 11 is 0. The summed E-state index contributed by atoms with van der Waals surface area (Å²) in [5.41, 5.74) is 1.04. The molecule has 0 aliphatic heterocycles. The minimum absolute atomic E-state index is 0.0707. The Hall–Kier alpha value is -2.09. The third-order valence-electron chi connectivity index (χ3n) is 5.38. The predicted octanol–water partition coefficient (Wildman–Crippen LogP) is 2.92. The van der Waals surface area contributed by atoms with Crippen LogP contribution in [0, 0.1) is 45.1 Å². The molecule has 0 amide bonds. The standard InChI is InChI=1S/C15H15N3O2/c16-7-8-1-4-12(18(19)20)11(5-8)17-15-13-9-2-3-10(6-9)14(13)15/h1,4-5,9-10,13-15,17H,2-3,6H2. The lowest BCUT2D eigenvalue weighted by molar-refractivity contribution is -0.384. The minimum Gasteiger partial charge on any atom is -0.376 e. The number of hydrogen-bond acceptors (Lipinski definition) is 4. The van der Waals surface area contributed by atoms with Crippen LogP contribution in [0.5, 0.6) is 0 Å². The van der Waals surface area contributed by atoms with Crippen LogP contribution >= 0.6 is 0 Å². The van der Waals surface area contributed by atoms with Crippen LogP contribution in [0.3, 0.4) is 0 Å². The van der Waals surface area contributed by atoms with Crippen molar-refractivity contribution < 1.29 is 4.92 Å². The average molecular weight is 269 g/mol. The van der Waals surface area contributed by atoms with Gasteiger partial charge < -0.3 is 5.32 Å². The SMILES string of the molecule is N#Cc1ccc([N+](=O)[O-])c(NC2C3C4CCC(C4)C23)c1. The fourth-order valence-electron chi connectivity index (χ4n) is 4.58. The molecule has 2 bridgehead atoms. The second-order valence-electron chi connectivity index (χ2n) is 6.26. The van der Waals surface area contributed by atoms with E-state index in [-0.39, 0.29) is 10.6 Å². The number of nitro groups is 1. The monoisotopic (exact) mass is 269 g/mol. The molecule has 0 spiro atoms. The second kappa shape index (κ2) is 3.95. The molecule has 3 saturated carbocycles. The highest BCUT2D eigenvalue weighted by atomic mass is 16.6. The molecule has 5 nitrogen and oxygen atoms in total. The van der Waals surface area contributed by atoms with E-state index in [0.29, 0.717) is 29.1 Å². The molecule has 4 unspecified atom stereocenters. The van der Waals surface area contributed by atoms with Crippen molar-refractivity contribution in [2.45, 2.75) is 25.3 Å². The molecule has 0 radical (unpaired) electrons. The van der Waals surface area contributed by atoms with Gasteiger partial charge in [-0.25, -0.2) is 0 Å². The summed E-state index contributed by atoms with van der Waals surface area (Å²) in [5, 5.41) is 23.4. The van der Waals surface area contributed by atoms with E-state index >= 15 is 0 Å². The smallest absolute Gasteiger partial charge is 0.292 e. The van der Waals surface area contributed by atoms with Crippen molar-refractivity contribution in [3.63, 3.8) is 0 Å². The zero-order valence-corrected chi connectivity index (χ0v) is 11.0. The van der Waals surface area contributed by atoms with Gasteiger partial charge in [-0.15, -0.1) is 0 Å². The van der Waals surface area contributed by atoms with Crippen LogP contribution in [0.2, 0.25) is 0 Å². The van der Waals surface area contributed by atoms with Crippen molar-refractivity contribution in [2.24, 2.45) is 23.7 Å². The summed E-state index contributed by atoms with van der Waals surface area (Å²) in [6, 6.07) is 6.96. The van der Waals surface area contributed by atoms with Gasteiger partial charge in [0.2, 0.25) is 0 Å². The van der Waals surface area contributed by atoms with E-state index < -0.39 is 0 Å². The van der Waals surface area contributed by atoms with Gasteiger partial charge in [-0.1, -0.05) is 0 Å². The number of rotatable bonds is 3. The van der Waals surface area contributed by atoms with Crippen LogP contribution in [-0.2, 0) is 0 Å². The van der Waals surface area contributed by atoms with Crippen molar-refractivity contribution in [2.75, 3.05) is 5.32 Å².